The predicted octanol–water partition coefficient (Wildman–Crippen LogP) is 4.72. The van der Waals surface area contributed by atoms with E-state index in [2.05, 4.69) is 44.6 Å². The molecule has 0 aliphatic carbocycles. The summed E-state index contributed by atoms with van der Waals surface area (Å²) in [6.45, 7) is 9.94. The third-order valence-electron chi connectivity index (χ3n) is 10.1. The third-order valence-corrected chi connectivity index (χ3v) is 11.9. The lowest BCUT2D eigenvalue weighted by Crippen LogP contribution is -2.63. The van der Waals surface area contributed by atoms with Gasteiger partial charge in [-0.2, -0.15) is 5.26 Å². The molecule has 4 aromatic heterocycles. The molecule has 0 atom stereocenters. The number of rotatable bonds is 8. The largest absolute Gasteiger partial charge is 0.377 e. The Morgan fingerprint density at radius 3 is 2.63 bits per heavy atom. The number of aromatic nitrogens is 4. The van der Waals surface area contributed by atoms with Crippen LogP contribution < -0.4 is 15.2 Å². The summed E-state index contributed by atoms with van der Waals surface area (Å²) in [5.74, 6) is 6.45. The van der Waals surface area contributed by atoms with Crippen molar-refractivity contribution in [1.29, 1.82) is 5.26 Å². The minimum atomic E-state index is -3.78. The Hall–Kier alpha value is -4.90. The second kappa shape index (κ2) is 14.7. The third kappa shape index (κ3) is 7.06. The summed E-state index contributed by atoms with van der Waals surface area (Å²) in [7, 11) is -3.78. The summed E-state index contributed by atoms with van der Waals surface area (Å²) >= 11 is 7.69. The van der Waals surface area contributed by atoms with Gasteiger partial charge in [0.15, 0.2) is 0 Å². The lowest BCUT2D eigenvalue weighted by Gasteiger charge is -2.51. The standard InChI is InChI=1S/C38H37ClN8O5S2/c1-5-46(26-11-15-45(16-12-26)38(3)21-52-22-38)35-29(18-40)32-31(19-42-35)43-23(2)47(37(32)49)14-6-7-24-8-9-25(39)17-28(24)27-10-13-41-33-30(20-53-34(27)33)36(48)44-54(4,50)51/h8-10,13,17,19-20,26H,5,11-12,14-16,21-22H2,1-4H3,(H,44,48). The summed E-state index contributed by atoms with van der Waals surface area (Å²) in [6.07, 6.45) is 5.84. The van der Waals surface area contributed by atoms with Gasteiger partial charge in [-0.1, -0.05) is 23.4 Å². The number of hydrogen-bond acceptors (Lipinski definition) is 12. The average molecular weight is 785 g/mol. The zero-order valence-corrected chi connectivity index (χ0v) is 32.5. The van der Waals surface area contributed by atoms with Crippen LogP contribution in [0.2, 0.25) is 5.02 Å². The van der Waals surface area contributed by atoms with E-state index in [0.717, 1.165) is 45.4 Å². The number of likely N-dealkylation sites (tertiary alicyclic amines) is 1. The molecule has 16 heteroatoms. The number of sulfonamides is 1. The number of nitrogens with one attached hydrogen (secondary N) is 1. The fourth-order valence-corrected chi connectivity index (χ4v) is 8.94. The van der Waals surface area contributed by atoms with Gasteiger partial charge in [0, 0.05) is 59.0 Å². The molecular formula is C38H37ClN8O5S2. The van der Waals surface area contributed by atoms with E-state index in [1.807, 2.05) is 11.6 Å². The lowest BCUT2D eigenvalue weighted by molar-refractivity contribution is -0.136. The summed E-state index contributed by atoms with van der Waals surface area (Å²) in [4.78, 5) is 45.2. The number of halogens is 1. The van der Waals surface area contributed by atoms with Crippen LogP contribution in [0, 0.1) is 30.1 Å². The first-order valence-electron chi connectivity index (χ1n) is 17.4. The Kier molecular flexibility index (Phi) is 10.2. The number of carbonyl (C=O) groups excluding carboxylic acids is 1. The SMILES string of the molecule is CCN(c1ncc2nc(C)n(CC#Cc3ccc(Cl)cc3-c3ccnc4c(C(=O)NS(C)(=O)=O)csc34)c(=O)c2c1C#N)C1CCN(C2(C)COC2)CC1. The number of aryl methyl sites for hydroxylation is 1. The molecule has 2 fully saturated rings. The van der Waals surface area contributed by atoms with Gasteiger partial charge in [-0.3, -0.25) is 24.0 Å². The first kappa shape index (κ1) is 37.4. The second-order valence-electron chi connectivity index (χ2n) is 13.8. The molecular weight excluding hydrogens is 748 g/mol. The molecule has 2 saturated heterocycles. The normalized spacial score (nSPS) is 16.0. The minimum Gasteiger partial charge on any atom is -0.377 e. The number of hydrogen-bond donors (Lipinski definition) is 1. The predicted molar refractivity (Wildman–Crippen MR) is 209 cm³/mol. The number of piperidine rings is 1. The van der Waals surface area contributed by atoms with Gasteiger partial charge in [-0.15, -0.1) is 11.3 Å². The highest BCUT2D eigenvalue weighted by atomic mass is 35.5. The fraction of sp³-hybridized carbons (Fsp3) is 0.368. The maximum atomic E-state index is 14.2. The number of carbonyl (C=O) groups is 1. The van der Waals surface area contributed by atoms with Crippen molar-refractivity contribution < 1.29 is 17.9 Å². The van der Waals surface area contributed by atoms with Crippen molar-refractivity contribution in [2.24, 2.45) is 0 Å². The number of pyridine rings is 2. The van der Waals surface area contributed by atoms with Crippen molar-refractivity contribution >= 4 is 65.8 Å². The number of nitrogens with zero attached hydrogens (tertiary/aromatic N) is 7. The van der Waals surface area contributed by atoms with E-state index >= 15 is 0 Å². The summed E-state index contributed by atoms with van der Waals surface area (Å²) in [6, 6.07) is 9.46. The van der Waals surface area contributed by atoms with Crippen molar-refractivity contribution in [3.8, 4) is 29.0 Å². The van der Waals surface area contributed by atoms with Crippen LogP contribution in [-0.2, 0) is 21.3 Å². The molecule has 54 heavy (non-hydrogen) atoms. The van der Waals surface area contributed by atoms with Crippen molar-refractivity contribution in [3.05, 3.63) is 79.9 Å². The van der Waals surface area contributed by atoms with Gasteiger partial charge in [0.25, 0.3) is 11.5 Å². The molecule has 13 nitrogen and oxygen atoms in total. The number of thiophene rings is 1. The Balaban J connectivity index is 1.20. The number of benzene rings is 1. The molecule has 1 aromatic carbocycles. The number of nitriles is 1. The average Bonchev–Trinajstić information content (AvgIpc) is 3.57. The molecule has 0 saturated carbocycles. The van der Waals surface area contributed by atoms with Gasteiger partial charge in [-0.05, 0) is 57.9 Å². The lowest BCUT2D eigenvalue weighted by atomic mass is 9.92. The molecule has 2 aliphatic rings. The van der Waals surface area contributed by atoms with Gasteiger partial charge < -0.3 is 9.64 Å². The van der Waals surface area contributed by atoms with Crippen LogP contribution in [0.3, 0.4) is 0 Å². The monoisotopic (exact) mass is 784 g/mol. The van der Waals surface area contributed by atoms with Crippen LogP contribution >= 0.6 is 22.9 Å². The number of fused-ring (bicyclic) bond motifs is 2. The molecule has 1 N–H and O–H groups in total. The minimum absolute atomic E-state index is 0.00278. The zero-order valence-electron chi connectivity index (χ0n) is 30.1. The topological polar surface area (TPSA) is 163 Å². The molecule has 5 aromatic rings. The first-order valence-corrected chi connectivity index (χ1v) is 20.5. The molecule has 1 amide bonds. The van der Waals surface area contributed by atoms with E-state index in [1.54, 1.807) is 42.8 Å². The van der Waals surface area contributed by atoms with E-state index in [-0.39, 0.29) is 40.2 Å². The van der Waals surface area contributed by atoms with Crippen molar-refractivity contribution in [3.63, 3.8) is 0 Å². The maximum absolute atomic E-state index is 14.2. The smallest absolute Gasteiger partial charge is 0.267 e. The highest BCUT2D eigenvalue weighted by Gasteiger charge is 2.41. The Labute approximate surface area is 321 Å². The van der Waals surface area contributed by atoms with Crippen LogP contribution in [0.5, 0.6) is 0 Å². The van der Waals surface area contributed by atoms with Crippen LogP contribution in [0.15, 0.2) is 46.8 Å². The molecule has 7 rings (SSSR count). The van der Waals surface area contributed by atoms with Crippen molar-refractivity contribution in [2.45, 2.75) is 51.7 Å². The molecule has 0 unspecified atom stereocenters. The molecule has 2 aliphatic heterocycles. The van der Waals surface area contributed by atoms with Crippen LogP contribution in [0.4, 0.5) is 5.82 Å². The number of ether oxygens (including phenoxy) is 1. The Morgan fingerprint density at radius 2 is 1.96 bits per heavy atom. The second-order valence-corrected chi connectivity index (χ2v) is 16.8. The highest BCUT2D eigenvalue weighted by Crippen LogP contribution is 2.37. The van der Waals surface area contributed by atoms with E-state index in [1.165, 1.54) is 22.1 Å². The first-order chi connectivity index (χ1) is 25.8. The van der Waals surface area contributed by atoms with Crippen LogP contribution in [0.1, 0.15) is 54.0 Å². The van der Waals surface area contributed by atoms with Gasteiger partial charge in [0.2, 0.25) is 10.0 Å². The summed E-state index contributed by atoms with van der Waals surface area (Å²) in [5.41, 5.74) is 2.72. The van der Waals surface area contributed by atoms with Gasteiger partial charge in [0.05, 0.1) is 64.4 Å². The Bertz CT molecular complexity index is 2590. The number of anilines is 1. The van der Waals surface area contributed by atoms with Gasteiger partial charge in [-0.25, -0.2) is 23.1 Å². The summed E-state index contributed by atoms with van der Waals surface area (Å²) in [5, 5.41) is 12.7. The van der Waals surface area contributed by atoms with Gasteiger partial charge >= 0.3 is 0 Å². The van der Waals surface area contributed by atoms with E-state index in [0.29, 0.717) is 55.6 Å². The fourth-order valence-electron chi connectivity index (χ4n) is 7.29. The maximum Gasteiger partial charge on any atom is 0.267 e. The van der Waals surface area contributed by atoms with Crippen LogP contribution in [-0.4, -0.2) is 89.4 Å². The molecule has 0 radical (unpaired) electrons. The summed E-state index contributed by atoms with van der Waals surface area (Å²) < 4.78 is 33.0. The molecule has 0 bridgehead atoms. The molecule has 0 spiro atoms. The van der Waals surface area contributed by atoms with E-state index < -0.39 is 15.9 Å². The van der Waals surface area contributed by atoms with Crippen molar-refractivity contribution in [1.82, 2.24) is 29.1 Å². The number of amides is 1. The molecule has 278 valence electrons. The van der Waals surface area contributed by atoms with E-state index in [4.69, 9.17) is 21.3 Å². The van der Waals surface area contributed by atoms with Gasteiger partial charge in [0.1, 0.15) is 23.3 Å². The quantitative estimate of drug-likeness (QED) is 0.217. The highest BCUT2D eigenvalue weighted by molar-refractivity contribution is 7.89. The van der Waals surface area contributed by atoms with Crippen molar-refractivity contribution in [2.75, 3.05) is 44.0 Å². The van der Waals surface area contributed by atoms with Crippen LogP contribution in [0.25, 0.3) is 32.2 Å². The Morgan fingerprint density at radius 1 is 1.20 bits per heavy atom. The molecule has 6 heterocycles. The zero-order chi connectivity index (χ0) is 38.4. The van der Waals surface area contributed by atoms with E-state index in [9.17, 15) is 23.3 Å².